The fourth-order valence-electron chi connectivity index (χ4n) is 1.37. The Labute approximate surface area is 102 Å². The molecule has 0 radical (unpaired) electrons. The minimum atomic E-state index is -4.37. The van der Waals surface area contributed by atoms with Crippen molar-refractivity contribution in [2.75, 3.05) is 13.2 Å². The molecule has 0 spiro atoms. The number of aromatic nitrogens is 1. The van der Waals surface area contributed by atoms with Crippen LogP contribution >= 0.6 is 0 Å². The number of alkyl halides is 3. The van der Waals surface area contributed by atoms with E-state index in [9.17, 15) is 18.0 Å². The lowest BCUT2D eigenvalue weighted by atomic mass is 10.2. The Hall–Kier alpha value is -1.50. The van der Waals surface area contributed by atoms with Crippen LogP contribution in [-0.2, 0) is 6.54 Å². The predicted octanol–water partition coefficient (Wildman–Crippen LogP) is 1.41. The molecule has 18 heavy (non-hydrogen) atoms. The predicted molar refractivity (Wildman–Crippen MR) is 59.1 cm³/mol. The van der Waals surface area contributed by atoms with Gasteiger partial charge >= 0.3 is 6.18 Å². The van der Waals surface area contributed by atoms with E-state index in [0.717, 1.165) is 4.57 Å². The van der Waals surface area contributed by atoms with E-state index in [4.69, 9.17) is 5.11 Å². The zero-order chi connectivity index (χ0) is 13.8. The first kappa shape index (κ1) is 14.6. The lowest BCUT2D eigenvalue weighted by Crippen LogP contribution is -2.32. The first-order chi connectivity index (χ1) is 8.33. The number of amides is 1. The second kappa shape index (κ2) is 5.90. The molecule has 0 fully saturated rings. The summed E-state index contributed by atoms with van der Waals surface area (Å²) in [6.45, 7) is 0.643. The third-order valence-electron chi connectivity index (χ3n) is 2.33. The Morgan fingerprint density at radius 1 is 1.56 bits per heavy atom. The minimum Gasteiger partial charge on any atom is -0.396 e. The Morgan fingerprint density at radius 3 is 2.78 bits per heavy atom. The number of rotatable bonds is 5. The van der Waals surface area contributed by atoms with E-state index in [1.54, 1.807) is 6.92 Å². The molecule has 0 bridgehead atoms. The van der Waals surface area contributed by atoms with E-state index in [1.165, 1.54) is 18.3 Å². The summed E-state index contributed by atoms with van der Waals surface area (Å²) in [5.74, 6) is -0.718. The number of aliphatic hydroxyl groups is 1. The second-order valence-corrected chi connectivity index (χ2v) is 4.13. The molecule has 1 heterocycles. The first-order valence-corrected chi connectivity index (χ1v) is 5.44. The van der Waals surface area contributed by atoms with Crippen molar-refractivity contribution in [1.29, 1.82) is 0 Å². The molecule has 2 N–H and O–H groups in total. The summed E-state index contributed by atoms with van der Waals surface area (Å²) >= 11 is 0. The molecule has 1 aromatic rings. The number of aliphatic hydroxyl groups excluding tert-OH is 1. The molecule has 0 aromatic carbocycles. The lowest BCUT2D eigenvalue weighted by Gasteiger charge is -2.13. The van der Waals surface area contributed by atoms with Crippen molar-refractivity contribution in [3.05, 3.63) is 24.0 Å². The summed E-state index contributed by atoms with van der Waals surface area (Å²) in [5, 5.41) is 11.3. The highest BCUT2D eigenvalue weighted by Crippen LogP contribution is 2.18. The van der Waals surface area contributed by atoms with Gasteiger partial charge in [-0.3, -0.25) is 4.79 Å². The molecule has 1 amide bonds. The standard InChI is InChI=1S/C11H15F3N2O2/c1-8(6-17)5-15-10(18)9-3-2-4-16(9)7-11(12,13)14/h2-4,8,17H,5-7H2,1H3,(H,15,18). The van der Waals surface area contributed by atoms with E-state index in [-0.39, 0.29) is 24.8 Å². The molecule has 1 rings (SSSR count). The molecule has 1 aromatic heterocycles. The summed E-state index contributed by atoms with van der Waals surface area (Å²) in [6, 6.07) is 2.71. The van der Waals surface area contributed by atoms with Gasteiger partial charge in [0.2, 0.25) is 0 Å². The van der Waals surface area contributed by atoms with Crippen LogP contribution in [-0.4, -0.2) is 34.9 Å². The van der Waals surface area contributed by atoms with Gasteiger partial charge in [0.05, 0.1) is 0 Å². The highest BCUT2D eigenvalue weighted by molar-refractivity contribution is 5.92. The van der Waals surface area contributed by atoms with Crippen LogP contribution in [0.25, 0.3) is 0 Å². The maximum atomic E-state index is 12.2. The van der Waals surface area contributed by atoms with Gasteiger partial charge in [0, 0.05) is 19.3 Å². The molecule has 1 atom stereocenters. The number of nitrogens with one attached hydrogen (secondary N) is 1. The Kier molecular flexibility index (Phi) is 4.77. The zero-order valence-electron chi connectivity index (χ0n) is 9.87. The molecule has 0 saturated heterocycles. The minimum absolute atomic E-state index is 0.0440. The number of hydrogen-bond acceptors (Lipinski definition) is 2. The van der Waals surface area contributed by atoms with Crippen LogP contribution in [0.1, 0.15) is 17.4 Å². The molecule has 0 aliphatic heterocycles. The van der Waals surface area contributed by atoms with Gasteiger partial charge in [-0.2, -0.15) is 13.2 Å². The fraction of sp³-hybridized carbons (Fsp3) is 0.545. The third kappa shape index (κ3) is 4.40. The van der Waals surface area contributed by atoms with Crippen LogP contribution in [0.15, 0.2) is 18.3 Å². The number of nitrogens with zero attached hydrogens (tertiary/aromatic N) is 1. The van der Waals surface area contributed by atoms with Gasteiger partial charge in [0.1, 0.15) is 12.2 Å². The number of carbonyl (C=O) groups is 1. The summed E-state index contributed by atoms with van der Waals surface area (Å²) in [4.78, 5) is 11.7. The third-order valence-corrected chi connectivity index (χ3v) is 2.33. The summed E-state index contributed by atoms with van der Waals surface area (Å²) in [5.41, 5.74) is -0.0440. The van der Waals surface area contributed by atoms with Crippen LogP contribution in [0, 0.1) is 5.92 Å². The Morgan fingerprint density at radius 2 is 2.22 bits per heavy atom. The number of hydrogen-bond donors (Lipinski definition) is 2. The van der Waals surface area contributed by atoms with Gasteiger partial charge in [-0.1, -0.05) is 6.92 Å². The van der Waals surface area contributed by atoms with Crippen LogP contribution in [0.5, 0.6) is 0 Å². The lowest BCUT2D eigenvalue weighted by molar-refractivity contribution is -0.140. The smallest absolute Gasteiger partial charge is 0.396 e. The van der Waals surface area contributed by atoms with E-state index < -0.39 is 18.6 Å². The summed E-state index contributed by atoms with van der Waals surface area (Å²) < 4.78 is 37.6. The number of halogens is 3. The van der Waals surface area contributed by atoms with Crippen molar-refractivity contribution in [2.24, 2.45) is 5.92 Å². The van der Waals surface area contributed by atoms with Crippen molar-refractivity contribution in [3.8, 4) is 0 Å². The van der Waals surface area contributed by atoms with Crippen molar-refractivity contribution in [1.82, 2.24) is 9.88 Å². The van der Waals surface area contributed by atoms with Crippen molar-refractivity contribution >= 4 is 5.91 Å². The van der Waals surface area contributed by atoms with Crippen molar-refractivity contribution in [2.45, 2.75) is 19.6 Å². The zero-order valence-corrected chi connectivity index (χ0v) is 9.87. The van der Waals surface area contributed by atoms with E-state index >= 15 is 0 Å². The molecule has 0 saturated carbocycles. The Bertz CT molecular complexity index is 401. The Balaban J connectivity index is 2.66. The van der Waals surface area contributed by atoms with E-state index in [2.05, 4.69) is 5.32 Å². The average molecular weight is 264 g/mol. The van der Waals surface area contributed by atoms with Crippen LogP contribution in [0.4, 0.5) is 13.2 Å². The first-order valence-electron chi connectivity index (χ1n) is 5.44. The normalized spacial score (nSPS) is 13.4. The van der Waals surface area contributed by atoms with Gasteiger partial charge in [-0.25, -0.2) is 0 Å². The molecule has 102 valence electrons. The second-order valence-electron chi connectivity index (χ2n) is 4.13. The molecular weight excluding hydrogens is 249 g/mol. The monoisotopic (exact) mass is 264 g/mol. The SMILES string of the molecule is CC(CO)CNC(=O)c1cccn1CC(F)(F)F. The van der Waals surface area contributed by atoms with Gasteiger partial charge in [0.25, 0.3) is 5.91 Å². The van der Waals surface area contributed by atoms with Gasteiger partial charge < -0.3 is 15.0 Å². The van der Waals surface area contributed by atoms with Gasteiger partial charge in [-0.15, -0.1) is 0 Å². The topological polar surface area (TPSA) is 54.3 Å². The van der Waals surface area contributed by atoms with E-state index in [0.29, 0.717) is 0 Å². The molecule has 0 aliphatic carbocycles. The number of carbonyl (C=O) groups excluding carboxylic acids is 1. The van der Waals surface area contributed by atoms with Gasteiger partial charge in [0.15, 0.2) is 0 Å². The van der Waals surface area contributed by atoms with Crippen LogP contribution in [0.3, 0.4) is 0 Å². The van der Waals surface area contributed by atoms with Gasteiger partial charge in [-0.05, 0) is 18.1 Å². The quantitative estimate of drug-likeness (QED) is 0.844. The molecular formula is C11H15F3N2O2. The van der Waals surface area contributed by atoms with E-state index in [1.807, 2.05) is 0 Å². The highest BCUT2D eigenvalue weighted by Gasteiger charge is 2.29. The average Bonchev–Trinajstić information content (AvgIpc) is 2.70. The van der Waals surface area contributed by atoms with Crippen LogP contribution in [0.2, 0.25) is 0 Å². The maximum absolute atomic E-state index is 12.2. The molecule has 0 aliphatic rings. The summed E-state index contributed by atoms with van der Waals surface area (Å²) in [6.07, 6.45) is -3.16. The maximum Gasteiger partial charge on any atom is 0.406 e. The summed E-state index contributed by atoms with van der Waals surface area (Å²) in [7, 11) is 0. The molecule has 7 heteroatoms. The largest absolute Gasteiger partial charge is 0.406 e. The molecule has 1 unspecified atom stereocenters. The molecule has 4 nitrogen and oxygen atoms in total. The fourth-order valence-corrected chi connectivity index (χ4v) is 1.37. The van der Waals surface area contributed by atoms with Crippen molar-refractivity contribution < 1.29 is 23.1 Å². The van der Waals surface area contributed by atoms with Crippen LogP contribution < -0.4 is 5.32 Å². The highest BCUT2D eigenvalue weighted by atomic mass is 19.4. The van der Waals surface area contributed by atoms with Crippen molar-refractivity contribution in [3.63, 3.8) is 0 Å².